The SMILES string of the molecule is COc1cc(C)cc(F)c1[C@@H]1[C@@H](CN)C1(C)C. The normalized spacial score (nSPS) is 25.8. The number of hydrogen-bond donors (Lipinski definition) is 1. The fourth-order valence-corrected chi connectivity index (χ4v) is 2.95. The molecule has 0 unspecified atom stereocenters. The number of benzene rings is 1. The Bertz CT molecular complexity index is 442. The van der Waals surface area contributed by atoms with Crippen molar-refractivity contribution < 1.29 is 9.13 Å². The average molecular weight is 237 g/mol. The zero-order valence-corrected chi connectivity index (χ0v) is 10.9. The molecule has 1 aromatic carbocycles. The molecule has 1 aromatic rings. The van der Waals surface area contributed by atoms with Gasteiger partial charge in [0.1, 0.15) is 11.6 Å². The smallest absolute Gasteiger partial charge is 0.130 e. The first-order chi connectivity index (χ1) is 7.93. The number of nitrogens with two attached hydrogens (primary N) is 1. The van der Waals surface area contributed by atoms with Crippen molar-refractivity contribution in [3.05, 3.63) is 29.1 Å². The van der Waals surface area contributed by atoms with E-state index in [0.29, 0.717) is 23.8 Å². The largest absolute Gasteiger partial charge is 0.496 e. The van der Waals surface area contributed by atoms with Crippen molar-refractivity contribution in [3.63, 3.8) is 0 Å². The molecule has 1 aliphatic carbocycles. The van der Waals surface area contributed by atoms with Crippen molar-refractivity contribution in [2.45, 2.75) is 26.7 Å². The van der Waals surface area contributed by atoms with Crippen molar-refractivity contribution in [1.29, 1.82) is 0 Å². The van der Waals surface area contributed by atoms with Gasteiger partial charge < -0.3 is 10.5 Å². The van der Waals surface area contributed by atoms with Gasteiger partial charge in [0.25, 0.3) is 0 Å². The zero-order valence-electron chi connectivity index (χ0n) is 10.9. The second-order valence-electron chi connectivity index (χ2n) is 5.50. The summed E-state index contributed by atoms with van der Waals surface area (Å²) < 4.78 is 19.4. The molecule has 0 aromatic heterocycles. The van der Waals surface area contributed by atoms with Crippen LogP contribution in [0.15, 0.2) is 12.1 Å². The summed E-state index contributed by atoms with van der Waals surface area (Å²) in [7, 11) is 1.59. The van der Waals surface area contributed by atoms with Gasteiger partial charge in [0.2, 0.25) is 0 Å². The first-order valence-corrected chi connectivity index (χ1v) is 5.97. The van der Waals surface area contributed by atoms with Crippen LogP contribution < -0.4 is 10.5 Å². The monoisotopic (exact) mass is 237 g/mol. The first-order valence-electron chi connectivity index (χ1n) is 5.97. The van der Waals surface area contributed by atoms with Crippen LogP contribution in [0, 0.1) is 24.1 Å². The molecule has 0 bridgehead atoms. The van der Waals surface area contributed by atoms with Gasteiger partial charge in [0.05, 0.1) is 7.11 Å². The van der Waals surface area contributed by atoms with E-state index in [1.165, 1.54) is 0 Å². The number of aryl methyl sites for hydroxylation is 1. The van der Waals surface area contributed by atoms with Crippen LogP contribution in [-0.2, 0) is 0 Å². The van der Waals surface area contributed by atoms with Crippen LogP contribution in [0.3, 0.4) is 0 Å². The van der Waals surface area contributed by atoms with Gasteiger partial charge in [-0.15, -0.1) is 0 Å². The van der Waals surface area contributed by atoms with Crippen LogP contribution in [0.4, 0.5) is 4.39 Å². The second kappa shape index (κ2) is 3.98. The van der Waals surface area contributed by atoms with Crippen LogP contribution in [0.5, 0.6) is 5.75 Å². The molecule has 3 heteroatoms. The molecule has 2 N–H and O–H groups in total. The summed E-state index contributed by atoms with van der Waals surface area (Å²) in [5, 5.41) is 0. The van der Waals surface area contributed by atoms with Gasteiger partial charge >= 0.3 is 0 Å². The van der Waals surface area contributed by atoms with Gasteiger partial charge in [-0.1, -0.05) is 13.8 Å². The van der Waals surface area contributed by atoms with E-state index < -0.39 is 0 Å². The maximum atomic E-state index is 14.1. The van der Waals surface area contributed by atoms with Crippen molar-refractivity contribution in [3.8, 4) is 5.75 Å². The Hall–Kier alpha value is -1.09. The quantitative estimate of drug-likeness (QED) is 0.877. The molecule has 0 amide bonds. The lowest BCUT2D eigenvalue weighted by Crippen LogP contribution is -2.05. The number of rotatable bonds is 3. The van der Waals surface area contributed by atoms with Crippen LogP contribution in [0.2, 0.25) is 0 Å². The minimum absolute atomic E-state index is 0.0676. The van der Waals surface area contributed by atoms with Crippen molar-refractivity contribution in [1.82, 2.24) is 0 Å². The molecule has 0 aliphatic heterocycles. The number of ether oxygens (including phenoxy) is 1. The zero-order chi connectivity index (χ0) is 12.8. The summed E-state index contributed by atoms with van der Waals surface area (Å²) in [5.74, 6) is 0.990. The lowest BCUT2D eigenvalue weighted by atomic mass is 10.00. The summed E-state index contributed by atoms with van der Waals surface area (Å²) in [5.41, 5.74) is 7.39. The van der Waals surface area contributed by atoms with Crippen molar-refractivity contribution in [2.75, 3.05) is 13.7 Å². The summed E-state index contributed by atoms with van der Waals surface area (Å²) in [4.78, 5) is 0. The molecule has 2 rings (SSSR count). The van der Waals surface area contributed by atoms with Crippen LogP contribution in [0.1, 0.15) is 30.9 Å². The molecule has 1 fully saturated rings. The Morgan fingerprint density at radius 1 is 1.41 bits per heavy atom. The Kier molecular flexibility index (Phi) is 2.90. The van der Waals surface area contributed by atoms with Crippen LogP contribution in [0.25, 0.3) is 0 Å². The van der Waals surface area contributed by atoms with Gasteiger partial charge in [-0.3, -0.25) is 0 Å². The van der Waals surface area contributed by atoms with E-state index in [-0.39, 0.29) is 17.2 Å². The van der Waals surface area contributed by atoms with E-state index in [9.17, 15) is 4.39 Å². The highest BCUT2D eigenvalue weighted by Crippen LogP contribution is 2.65. The Morgan fingerprint density at radius 3 is 2.53 bits per heavy atom. The van der Waals surface area contributed by atoms with E-state index >= 15 is 0 Å². The molecule has 2 nitrogen and oxygen atoms in total. The number of methoxy groups -OCH3 is 1. The molecule has 94 valence electrons. The van der Waals surface area contributed by atoms with E-state index in [2.05, 4.69) is 13.8 Å². The van der Waals surface area contributed by atoms with Gasteiger partial charge in [-0.25, -0.2) is 4.39 Å². The lowest BCUT2D eigenvalue weighted by molar-refractivity contribution is 0.401. The van der Waals surface area contributed by atoms with E-state index in [1.54, 1.807) is 13.2 Å². The Balaban J connectivity index is 2.47. The summed E-state index contributed by atoms with van der Waals surface area (Å²) >= 11 is 0. The fraction of sp³-hybridized carbons (Fsp3) is 0.571. The molecule has 0 spiro atoms. The minimum Gasteiger partial charge on any atom is -0.496 e. The molecular formula is C14H20FNO. The second-order valence-corrected chi connectivity index (χ2v) is 5.50. The maximum Gasteiger partial charge on any atom is 0.130 e. The van der Waals surface area contributed by atoms with Gasteiger partial charge in [0.15, 0.2) is 0 Å². The van der Waals surface area contributed by atoms with Gasteiger partial charge in [-0.2, -0.15) is 0 Å². The first kappa shape index (κ1) is 12.4. The third kappa shape index (κ3) is 1.82. The molecule has 0 saturated heterocycles. The highest BCUT2D eigenvalue weighted by Gasteiger charge is 2.59. The highest BCUT2D eigenvalue weighted by molar-refractivity contribution is 5.46. The average Bonchev–Trinajstić information content (AvgIpc) is 2.79. The molecule has 2 atom stereocenters. The van der Waals surface area contributed by atoms with E-state index in [1.807, 2.05) is 13.0 Å². The predicted octanol–water partition coefficient (Wildman–Crippen LogP) is 2.84. The highest BCUT2D eigenvalue weighted by atomic mass is 19.1. The third-order valence-corrected chi connectivity index (χ3v) is 4.07. The summed E-state index contributed by atoms with van der Waals surface area (Å²) in [6, 6.07) is 3.46. The van der Waals surface area contributed by atoms with Crippen LogP contribution >= 0.6 is 0 Å². The van der Waals surface area contributed by atoms with Crippen molar-refractivity contribution in [2.24, 2.45) is 17.1 Å². The number of halogens is 1. The molecule has 0 heterocycles. The standard InChI is InChI=1S/C14H20FNO/c1-8-5-10(15)12(11(6-8)17-4)13-9(7-16)14(13,2)3/h5-6,9,13H,7,16H2,1-4H3/t9-,13+/m1/s1. The topological polar surface area (TPSA) is 35.2 Å². The molecule has 0 radical (unpaired) electrons. The maximum absolute atomic E-state index is 14.1. The lowest BCUT2D eigenvalue weighted by Gasteiger charge is -2.12. The van der Waals surface area contributed by atoms with Crippen LogP contribution in [-0.4, -0.2) is 13.7 Å². The molecule has 1 aliphatic rings. The Morgan fingerprint density at radius 2 is 2.06 bits per heavy atom. The van der Waals surface area contributed by atoms with Gasteiger partial charge in [-0.05, 0) is 42.5 Å². The summed E-state index contributed by atoms with van der Waals surface area (Å²) in [6.07, 6.45) is 0. The molecule has 17 heavy (non-hydrogen) atoms. The Labute approximate surface area is 102 Å². The molecule has 1 saturated carbocycles. The van der Waals surface area contributed by atoms with Gasteiger partial charge in [0, 0.05) is 11.5 Å². The fourth-order valence-electron chi connectivity index (χ4n) is 2.95. The molecular weight excluding hydrogens is 217 g/mol. The van der Waals surface area contributed by atoms with Crippen molar-refractivity contribution >= 4 is 0 Å². The van der Waals surface area contributed by atoms with E-state index in [4.69, 9.17) is 10.5 Å². The summed E-state index contributed by atoms with van der Waals surface area (Å²) in [6.45, 7) is 6.73. The minimum atomic E-state index is -0.170. The number of hydrogen-bond acceptors (Lipinski definition) is 2. The third-order valence-electron chi connectivity index (χ3n) is 4.07. The predicted molar refractivity (Wildman–Crippen MR) is 66.8 cm³/mol. The van der Waals surface area contributed by atoms with E-state index in [0.717, 1.165) is 5.56 Å².